The first-order valence-electron chi connectivity index (χ1n) is 9.09. The Hall–Kier alpha value is 0.455. The van der Waals surface area contributed by atoms with Crippen molar-refractivity contribution < 1.29 is 55.7 Å². The lowest BCUT2D eigenvalue weighted by Crippen LogP contribution is -2.70. The van der Waals surface area contributed by atoms with Crippen LogP contribution in [0.1, 0.15) is 0 Å². The summed E-state index contributed by atoms with van der Waals surface area (Å²) in [6, 6.07) is 11.2. The summed E-state index contributed by atoms with van der Waals surface area (Å²) in [4.78, 5) is 10.6. The summed E-state index contributed by atoms with van der Waals surface area (Å²) in [6.07, 6.45) is 0. The van der Waals surface area contributed by atoms with Gasteiger partial charge < -0.3 is 55.7 Å². The Morgan fingerprint density at radius 1 is 0.594 bits per heavy atom. The largest absolute Gasteiger partial charge is 0.727 e. The van der Waals surface area contributed by atoms with Crippen LogP contribution in [0.15, 0.2) is 0 Å². The highest BCUT2D eigenvalue weighted by Crippen LogP contribution is 2.28. The number of hydrogen-bond donors (Lipinski definition) is 1. The van der Waals surface area contributed by atoms with E-state index in [0.717, 1.165) is 0 Å². The Bertz CT molecular complexity index is 636. The molecule has 2 atom stereocenters. The van der Waals surface area contributed by atoms with Crippen molar-refractivity contribution in [3.63, 3.8) is 0 Å². The third-order valence-corrected chi connectivity index (χ3v) is 20.7. The minimum Gasteiger partial charge on any atom is -0.496 e. The van der Waals surface area contributed by atoms with Crippen LogP contribution in [-0.2, 0) is 50.9 Å². The van der Waals surface area contributed by atoms with Crippen LogP contribution in [-0.4, -0.2) is 113 Å². The third-order valence-electron chi connectivity index (χ3n) is 3.15. The van der Waals surface area contributed by atoms with Crippen molar-refractivity contribution >= 4 is 72.7 Å². The van der Waals surface area contributed by atoms with Gasteiger partial charge in [0, 0.05) is 35.5 Å². The molecule has 0 aromatic rings. The molecule has 0 heterocycles. The average molecular weight is 597 g/mol. The van der Waals surface area contributed by atoms with Crippen LogP contribution in [0.25, 0.3) is 0 Å². The van der Waals surface area contributed by atoms with Crippen molar-refractivity contribution in [1.82, 2.24) is 0 Å². The molecule has 0 rings (SSSR count). The van der Waals surface area contributed by atoms with Crippen LogP contribution in [0, 0.1) is 12.0 Å². The van der Waals surface area contributed by atoms with Gasteiger partial charge in [-0.2, -0.15) is 0 Å². The molecule has 0 aromatic heterocycles. The van der Waals surface area contributed by atoms with E-state index >= 15 is 0 Å². The molecule has 0 aromatic carbocycles. The molecule has 0 bridgehead atoms. The highest BCUT2D eigenvalue weighted by atomic mass is 28.6. The fourth-order valence-corrected chi connectivity index (χ4v) is 20.7. The van der Waals surface area contributed by atoms with Gasteiger partial charge in [-0.3, -0.25) is 0 Å². The molecule has 0 fully saturated rings. The van der Waals surface area contributed by atoms with Gasteiger partial charge in [0.2, 0.25) is 18.4 Å². The van der Waals surface area contributed by atoms with E-state index in [4.69, 9.17) is 62.9 Å². The SMILES string of the molecule is C#[Si]O[Si](OC)(O[SiH](C)C)O[Si](OC)(OC)O[Si](O[Si]#C)(O[SiH](C)C)O[Si](O)(OC)OC. The van der Waals surface area contributed by atoms with E-state index in [2.05, 4.69) is 0 Å². The standard InChI is InChI=1S/C11H32O13Si8/c1-13-29(12,14-2)22-32(19-26-7,21-28(10)11)24-30(15-3,16-4)23-31(17-5,18-25-6)20-27(8)9/h6-7,12,27-28H,1-5,8-11H3. The normalized spacial score (nSPS) is 16.2. The Kier molecular flexibility index (Phi) is 15.0. The molecule has 2 unspecified atom stereocenters. The van der Waals surface area contributed by atoms with Gasteiger partial charge in [-0.25, -0.2) is 0 Å². The summed E-state index contributed by atoms with van der Waals surface area (Å²) < 4.78 is 67.2. The van der Waals surface area contributed by atoms with Crippen LogP contribution in [0.2, 0.25) is 26.2 Å². The van der Waals surface area contributed by atoms with Gasteiger partial charge in [-0.05, 0) is 26.2 Å². The van der Waals surface area contributed by atoms with Gasteiger partial charge in [0.05, 0.1) is 0 Å². The van der Waals surface area contributed by atoms with Crippen LogP contribution < -0.4 is 0 Å². The predicted octanol–water partition coefficient (Wildman–Crippen LogP) is -1.55. The van der Waals surface area contributed by atoms with E-state index in [-0.39, 0.29) is 0 Å². The van der Waals surface area contributed by atoms with Crippen LogP contribution in [0.3, 0.4) is 0 Å². The van der Waals surface area contributed by atoms with E-state index in [1.54, 1.807) is 0 Å². The monoisotopic (exact) mass is 596 g/mol. The van der Waals surface area contributed by atoms with E-state index in [1.165, 1.54) is 35.5 Å². The molecule has 0 saturated carbocycles. The third kappa shape index (κ3) is 9.98. The van der Waals surface area contributed by atoms with Crippen molar-refractivity contribution in [2.45, 2.75) is 26.2 Å². The molecule has 0 aliphatic carbocycles. The van der Waals surface area contributed by atoms with E-state index < -0.39 is 72.7 Å². The summed E-state index contributed by atoms with van der Waals surface area (Å²) in [6.45, 7) is 7.41. The lowest BCUT2D eigenvalue weighted by molar-refractivity contribution is -0.0240. The Balaban J connectivity index is 6.48. The number of rotatable bonds is 17. The molecule has 13 nitrogen and oxygen atoms in total. The molecule has 0 aliphatic heterocycles. The van der Waals surface area contributed by atoms with Gasteiger partial charge in [0.1, 0.15) is 0 Å². The molecule has 186 valence electrons. The lowest BCUT2D eigenvalue weighted by Gasteiger charge is -2.38. The predicted molar refractivity (Wildman–Crippen MR) is 127 cm³/mol. The van der Waals surface area contributed by atoms with Crippen LogP contribution in [0.4, 0.5) is 0 Å². The maximum absolute atomic E-state index is 10.6. The summed E-state index contributed by atoms with van der Waals surface area (Å²) in [7, 11) is -15.4. The molecule has 0 radical (unpaired) electrons. The first-order chi connectivity index (χ1) is 14.9. The molecular weight excluding hydrogens is 565 g/mol. The minimum absolute atomic E-state index is 0.523. The highest BCUT2D eigenvalue weighted by molar-refractivity contribution is 6.82. The second-order valence-electron chi connectivity index (χ2n) is 6.12. The summed E-state index contributed by atoms with van der Waals surface area (Å²) in [5.74, 6) is 0. The Morgan fingerprint density at radius 3 is 1.31 bits per heavy atom. The molecule has 0 amide bonds. The molecular formula is C11H32O13Si8. The van der Waals surface area contributed by atoms with Crippen LogP contribution in [0.5, 0.6) is 0 Å². The summed E-state index contributed by atoms with van der Waals surface area (Å²) in [5, 5.41) is 0. The van der Waals surface area contributed by atoms with Crippen molar-refractivity contribution in [3.8, 4) is 12.0 Å². The first-order valence-corrected chi connectivity index (χ1v) is 23.2. The maximum Gasteiger partial charge on any atom is 0.727 e. The molecule has 32 heavy (non-hydrogen) atoms. The minimum atomic E-state index is -4.35. The Morgan fingerprint density at radius 2 is 0.969 bits per heavy atom. The summed E-state index contributed by atoms with van der Waals surface area (Å²) >= 11 is 0. The van der Waals surface area contributed by atoms with Gasteiger partial charge in [-0.1, -0.05) is 0 Å². The zero-order valence-electron chi connectivity index (χ0n) is 19.7. The first kappa shape index (κ1) is 32.5. The Labute approximate surface area is 201 Å². The van der Waals surface area contributed by atoms with Gasteiger partial charge in [0.25, 0.3) is 0 Å². The number of hydrogen-bond acceptors (Lipinski definition) is 13. The van der Waals surface area contributed by atoms with E-state index in [1.807, 2.05) is 26.2 Å². The lowest BCUT2D eigenvalue weighted by atomic mass is 11.8. The van der Waals surface area contributed by atoms with E-state index in [9.17, 15) is 4.80 Å². The van der Waals surface area contributed by atoms with Gasteiger partial charge in [0.15, 0.2) is 18.1 Å². The van der Waals surface area contributed by atoms with Gasteiger partial charge >= 0.3 is 36.2 Å². The van der Waals surface area contributed by atoms with Crippen LogP contribution >= 0.6 is 0 Å². The van der Waals surface area contributed by atoms with Crippen molar-refractivity contribution in [3.05, 3.63) is 0 Å². The maximum atomic E-state index is 10.6. The van der Waals surface area contributed by atoms with Crippen molar-refractivity contribution in [2.24, 2.45) is 0 Å². The smallest absolute Gasteiger partial charge is 0.496 e. The van der Waals surface area contributed by atoms with Crippen molar-refractivity contribution in [2.75, 3.05) is 35.5 Å². The van der Waals surface area contributed by atoms with E-state index in [0.29, 0.717) is 0 Å². The van der Waals surface area contributed by atoms with Gasteiger partial charge in [-0.15, -0.1) is 12.0 Å². The molecule has 21 heteroatoms. The molecule has 0 spiro atoms. The second-order valence-corrected chi connectivity index (χ2v) is 22.8. The van der Waals surface area contributed by atoms with Crippen molar-refractivity contribution in [1.29, 1.82) is 0 Å². The fourth-order valence-electron chi connectivity index (χ4n) is 1.96. The summed E-state index contributed by atoms with van der Waals surface area (Å²) in [5.41, 5.74) is 0. The second kappa shape index (κ2) is 14.8. The topological polar surface area (TPSA) is 131 Å². The zero-order chi connectivity index (χ0) is 25.1. The fraction of sp³-hybridized carbons (Fsp3) is 0.818. The quantitative estimate of drug-likeness (QED) is 0.195. The molecule has 0 aliphatic rings. The zero-order valence-corrected chi connectivity index (χ0v) is 28.0. The average Bonchev–Trinajstić information content (AvgIpc) is 2.72. The molecule has 1 N–H and O–H groups in total. The highest BCUT2D eigenvalue weighted by Gasteiger charge is 2.69. The molecule has 0 saturated heterocycles.